The molecule has 0 fully saturated rings. The number of ether oxygens (including phenoxy) is 1. The minimum absolute atomic E-state index is 0.127. The van der Waals surface area contributed by atoms with E-state index in [9.17, 15) is 9.59 Å². The van der Waals surface area contributed by atoms with Gasteiger partial charge in [0, 0.05) is 24.5 Å². The van der Waals surface area contributed by atoms with E-state index in [1.807, 2.05) is 37.3 Å². The van der Waals surface area contributed by atoms with Crippen molar-refractivity contribution >= 4 is 58.2 Å². The van der Waals surface area contributed by atoms with Gasteiger partial charge < -0.3 is 15.0 Å². The second-order valence-corrected chi connectivity index (χ2v) is 9.39. The first-order chi connectivity index (χ1) is 16.8. The molecule has 184 valence electrons. The Kier molecular flexibility index (Phi) is 10.1. The maximum absolute atomic E-state index is 13.5. The SMILES string of the molecule is CCNC(=O)C(Cc1ccccc1)N(Cc1ccc(Cl)c(Cl)c1)C(=O)COc1ccc(Cl)cc1Cl. The highest BCUT2D eigenvalue weighted by Crippen LogP contribution is 2.28. The van der Waals surface area contributed by atoms with Gasteiger partial charge >= 0.3 is 0 Å². The van der Waals surface area contributed by atoms with E-state index in [0.717, 1.165) is 11.1 Å². The van der Waals surface area contributed by atoms with Crippen LogP contribution in [0.3, 0.4) is 0 Å². The van der Waals surface area contributed by atoms with E-state index in [2.05, 4.69) is 5.32 Å². The van der Waals surface area contributed by atoms with Crippen molar-refractivity contribution < 1.29 is 14.3 Å². The fraction of sp³-hybridized carbons (Fsp3) is 0.231. The lowest BCUT2D eigenvalue weighted by Crippen LogP contribution is -2.51. The van der Waals surface area contributed by atoms with Gasteiger partial charge in [-0.15, -0.1) is 0 Å². The van der Waals surface area contributed by atoms with Gasteiger partial charge in [-0.1, -0.05) is 82.8 Å². The smallest absolute Gasteiger partial charge is 0.261 e. The molecule has 3 aromatic rings. The normalized spacial score (nSPS) is 11.6. The van der Waals surface area contributed by atoms with Gasteiger partial charge in [-0.25, -0.2) is 0 Å². The Morgan fingerprint density at radius 1 is 0.886 bits per heavy atom. The first-order valence-electron chi connectivity index (χ1n) is 10.9. The lowest BCUT2D eigenvalue weighted by atomic mass is 10.0. The van der Waals surface area contributed by atoms with E-state index in [4.69, 9.17) is 51.1 Å². The number of carbonyl (C=O) groups is 2. The summed E-state index contributed by atoms with van der Waals surface area (Å²) in [5.74, 6) is -0.347. The number of nitrogens with one attached hydrogen (secondary N) is 1. The summed E-state index contributed by atoms with van der Waals surface area (Å²) in [6, 6.07) is 18.6. The third-order valence-electron chi connectivity index (χ3n) is 5.20. The minimum Gasteiger partial charge on any atom is -0.482 e. The van der Waals surface area contributed by atoms with Crippen LogP contribution in [-0.4, -0.2) is 35.9 Å². The molecule has 2 amide bonds. The topological polar surface area (TPSA) is 58.6 Å². The van der Waals surface area contributed by atoms with Gasteiger partial charge in [-0.05, 0) is 48.4 Å². The highest BCUT2D eigenvalue weighted by atomic mass is 35.5. The van der Waals surface area contributed by atoms with Crippen LogP contribution in [0.25, 0.3) is 0 Å². The summed E-state index contributed by atoms with van der Waals surface area (Å²) in [6.07, 6.45) is 0.321. The fourth-order valence-electron chi connectivity index (χ4n) is 3.50. The van der Waals surface area contributed by atoms with Gasteiger partial charge in [0.1, 0.15) is 11.8 Å². The molecule has 1 atom stereocenters. The third kappa shape index (κ3) is 7.77. The fourth-order valence-corrected chi connectivity index (χ4v) is 4.28. The van der Waals surface area contributed by atoms with Crippen LogP contribution in [0.15, 0.2) is 66.7 Å². The van der Waals surface area contributed by atoms with Crippen molar-refractivity contribution in [1.29, 1.82) is 0 Å². The molecule has 1 unspecified atom stereocenters. The average Bonchev–Trinajstić information content (AvgIpc) is 2.83. The van der Waals surface area contributed by atoms with Gasteiger partial charge in [0.15, 0.2) is 6.61 Å². The number of likely N-dealkylation sites (N-methyl/N-ethyl adjacent to an activating group) is 1. The van der Waals surface area contributed by atoms with Crippen LogP contribution in [0, 0.1) is 0 Å². The van der Waals surface area contributed by atoms with E-state index < -0.39 is 11.9 Å². The Balaban J connectivity index is 1.92. The third-order valence-corrected chi connectivity index (χ3v) is 6.47. The van der Waals surface area contributed by atoms with Crippen molar-refractivity contribution in [3.05, 3.63) is 97.9 Å². The van der Waals surface area contributed by atoms with E-state index in [1.165, 1.54) is 11.0 Å². The Morgan fingerprint density at radius 3 is 2.29 bits per heavy atom. The molecule has 9 heteroatoms. The Labute approximate surface area is 224 Å². The molecule has 0 spiro atoms. The number of hydrogen-bond acceptors (Lipinski definition) is 3. The second kappa shape index (κ2) is 13.0. The number of hydrogen-bond donors (Lipinski definition) is 1. The largest absolute Gasteiger partial charge is 0.482 e. The molecule has 0 saturated heterocycles. The minimum atomic E-state index is -0.788. The van der Waals surface area contributed by atoms with Crippen LogP contribution < -0.4 is 10.1 Å². The second-order valence-electron chi connectivity index (χ2n) is 7.73. The zero-order valence-electron chi connectivity index (χ0n) is 18.9. The van der Waals surface area contributed by atoms with Crippen LogP contribution in [0.1, 0.15) is 18.1 Å². The van der Waals surface area contributed by atoms with E-state index in [0.29, 0.717) is 33.8 Å². The monoisotopic (exact) mass is 552 g/mol. The van der Waals surface area contributed by atoms with Crippen molar-refractivity contribution in [1.82, 2.24) is 10.2 Å². The molecule has 0 aromatic heterocycles. The number of amides is 2. The molecule has 0 saturated carbocycles. The van der Waals surface area contributed by atoms with Gasteiger partial charge in [-0.3, -0.25) is 9.59 Å². The number of halogens is 4. The van der Waals surface area contributed by atoms with Gasteiger partial charge in [0.2, 0.25) is 5.91 Å². The molecule has 1 N–H and O–H groups in total. The van der Waals surface area contributed by atoms with Crippen LogP contribution in [0.2, 0.25) is 20.1 Å². The van der Waals surface area contributed by atoms with Crippen molar-refractivity contribution in [3.63, 3.8) is 0 Å². The van der Waals surface area contributed by atoms with Crippen molar-refractivity contribution in [3.8, 4) is 5.75 Å². The van der Waals surface area contributed by atoms with Gasteiger partial charge in [-0.2, -0.15) is 0 Å². The molecule has 0 heterocycles. The van der Waals surface area contributed by atoms with Gasteiger partial charge in [0.05, 0.1) is 15.1 Å². The molecule has 0 bridgehead atoms. The summed E-state index contributed by atoms with van der Waals surface area (Å²) in [5.41, 5.74) is 1.64. The molecule has 5 nitrogen and oxygen atoms in total. The summed E-state index contributed by atoms with van der Waals surface area (Å²) in [6.45, 7) is 2.06. The summed E-state index contributed by atoms with van der Waals surface area (Å²) < 4.78 is 5.69. The molecule has 0 aliphatic heterocycles. The number of benzene rings is 3. The van der Waals surface area contributed by atoms with Gasteiger partial charge in [0.25, 0.3) is 5.91 Å². The Morgan fingerprint density at radius 2 is 1.63 bits per heavy atom. The average molecular weight is 554 g/mol. The maximum atomic E-state index is 13.5. The standard InChI is InChI=1S/C26H24Cl4N2O3/c1-2-31-26(34)23(13-17-6-4-3-5-7-17)32(15-18-8-10-20(28)21(29)12-18)25(33)16-35-24-11-9-19(27)14-22(24)30/h3-12,14,23H,2,13,15-16H2,1H3,(H,31,34). The maximum Gasteiger partial charge on any atom is 0.261 e. The van der Waals surface area contributed by atoms with Crippen molar-refractivity contribution in [2.24, 2.45) is 0 Å². The van der Waals surface area contributed by atoms with Crippen molar-refractivity contribution in [2.75, 3.05) is 13.2 Å². The Hall–Kier alpha value is -2.44. The lowest BCUT2D eigenvalue weighted by molar-refractivity contribution is -0.142. The molecule has 35 heavy (non-hydrogen) atoms. The molecule has 0 radical (unpaired) electrons. The predicted molar refractivity (Wildman–Crippen MR) is 142 cm³/mol. The summed E-state index contributed by atoms with van der Waals surface area (Å²) in [7, 11) is 0. The lowest BCUT2D eigenvalue weighted by Gasteiger charge is -2.31. The number of rotatable bonds is 10. The van der Waals surface area contributed by atoms with Crippen molar-refractivity contribution in [2.45, 2.75) is 25.9 Å². The first kappa shape index (κ1) is 27.2. The Bertz CT molecular complexity index is 1170. The van der Waals surface area contributed by atoms with E-state index in [1.54, 1.807) is 30.3 Å². The first-order valence-corrected chi connectivity index (χ1v) is 12.4. The molecule has 3 aromatic carbocycles. The van der Waals surface area contributed by atoms with Crippen LogP contribution in [-0.2, 0) is 22.6 Å². The molecule has 3 rings (SSSR count). The molecule has 0 aliphatic rings. The van der Waals surface area contributed by atoms with Crippen LogP contribution in [0.5, 0.6) is 5.75 Å². The predicted octanol–water partition coefficient (Wildman–Crippen LogP) is 6.46. The van der Waals surface area contributed by atoms with E-state index >= 15 is 0 Å². The highest BCUT2D eigenvalue weighted by molar-refractivity contribution is 6.42. The number of nitrogens with zero attached hydrogens (tertiary/aromatic N) is 1. The van der Waals surface area contributed by atoms with E-state index in [-0.39, 0.29) is 24.1 Å². The molecular weight excluding hydrogens is 530 g/mol. The highest BCUT2D eigenvalue weighted by Gasteiger charge is 2.30. The van der Waals surface area contributed by atoms with Crippen LogP contribution >= 0.6 is 46.4 Å². The van der Waals surface area contributed by atoms with Crippen LogP contribution in [0.4, 0.5) is 0 Å². The summed E-state index contributed by atoms with van der Waals surface area (Å²) in [4.78, 5) is 28.1. The summed E-state index contributed by atoms with van der Waals surface area (Å²) >= 11 is 24.4. The number of carbonyl (C=O) groups excluding carboxylic acids is 2. The molecular formula is C26H24Cl4N2O3. The quantitative estimate of drug-likeness (QED) is 0.313. The zero-order chi connectivity index (χ0) is 25.4. The molecule has 0 aliphatic carbocycles. The summed E-state index contributed by atoms with van der Waals surface area (Å²) in [5, 5.41) is 4.34. The zero-order valence-corrected chi connectivity index (χ0v) is 22.0.